The molecule has 1 aliphatic heterocycles. The van der Waals surface area contributed by atoms with Gasteiger partial charge in [-0.15, -0.1) is 0 Å². The smallest absolute Gasteiger partial charge is 0.338 e. The van der Waals surface area contributed by atoms with Crippen molar-refractivity contribution in [2.24, 2.45) is 0 Å². The number of carbonyl (C=O) groups is 2. The summed E-state index contributed by atoms with van der Waals surface area (Å²) in [4.78, 5) is 24.2. The van der Waals surface area contributed by atoms with Crippen molar-refractivity contribution in [2.45, 2.75) is 11.5 Å². The number of nitrogens with one attached hydrogen (secondary N) is 1. The third kappa shape index (κ3) is 6.05. The molecule has 0 spiro atoms. The standard InChI is InChI=1S/C21H23ClN2O7S/c1-29-13-15-2-4-16(5-3-15)21(26)31-14-20(25)23-17-6-7-18(22)19(12-17)32(27,28)24-8-10-30-11-9-24/h2-7,12H,8-11,13-14H2,1H3,(H,23,25). The minimum absolute atomic E-state index is 0.0397. The first kappa shape index (κ1) is 24.1. The summed E-state index contributed by atoms with van der Waals surface area (Å²) in [5, 5.41) is 2.56. The second-order valence-electron chi connectivity index (χ2n) is 6.92. The maximum absolute atomic E-state index is 12.9. The second kappa shape index (κ2) is 10.9. The number of amides is 1. The van der Waals surface area contributed by atoms with Crippen molar-refractivity contribution in [3.63, 3.8) is 0 Å². The van der Waals surface area contributed by atoms with Crippen LogP contribution in [0.4, 0.5) is 5.69 Å². The molecule has 1 aliphatic rings. The topological polar surface area (TPSA) is 111 Å². The number of nitrogens with zero attached hydrogens (tertiary/aromatic N) is 1. The molecule has 9 nitrogen and oxygen atoms in total. The molecule has 32 heavy (non-hydrogen) atoms. The fourth-order valence-corrected chi connectivity index (χ4v) is 4.93. The number of ether oxygens (including phenoxy) is 3. The molecule has 0 aromatic heterocycles. The number of rotatable bonds is 8. The molecule has 1 fully saturated rings. The van der Waals surface area contributed by atoms with Gasteiger partial charge in [0.1, 0.15) is 4.90 Å². The number of esters is 1. The lowest BCUT2D eigenvalue weighted by molar-refractivity contribution is -0.119. The number of benzene rings is 2. The van der Waals surface area contributed by atoms with Crippen LogP contribution in [0.2, 0.25) is 5.02 Å². The van der Waals surface area contributed by atoms with Crippen LogP contribution in [-0.2, 0) is 35.6 Å². The average Bonchev–Trinajstić information content (AvgIpc) is 2.80. The SMILES string of the molecule is COCc1ccc(C(=O)OCC(=O)Nc2ccc(Cl)c(S(=O)(=O)N3CCOCC3)c2)cc1. The van der Waals surface area contributed by atoms with Gasteiger partial charge in [-0.05, 0) is 35.9 Å². The molecule has 0 unspecified atom stereocenters. The summed E-state index contributed by atoms with van der Waals surface area (Å²) in [7, 11) is -2.27. The van der Waals surface area contributed by atoms with Crippen LogP contribution in [0, 0.1) is 0 Å². The number of hydrogen-bond donors (Lipinski definition) is 1. The monoisotopic (exact) mass is 482 g/mol. The largest absolute Gasteiger partial charge is 0.452 e. The Hall–Kier alpha value is -2.50. The predicted octanol–water partition coefficient (Wildman–Crippen LogP) is 2.30. The predicted molar refractivity (Wildman–Crippen MR) is 117 cm³/mol. The zero-order valence-corrected chi connectivity index (χ0v) is 18.9. The van der Waals surface area contributed by atoms with Gasteiger partial charge in [-0.1, -0.05) is 23.7 Å². The molecule has 11 heteroatoms. The summed E-state index contributed by atoms with van der Waals surface area (Å²) in [6.45, 7) is 0.922. The van der Waals surface area contributed by atoms with E-state index in [1.807, 2.05) is 0 Å². The molecule has 0 aliphatic carbocycles. The summed E-state index contributed by atoms with van der Waals surface area (Å²) in [6, 6.07) is 10.7. The first-order valence-electron chi connectivity index (χ1n) is 9.73. The number of hydrogen-bond acceptors (Lipinski definition) is 7. The zero-order valence-electron chi connectivity index (χ0n) is 17.4. The van der Waals surface area contributed by atoms with Crippen LogP contribution >= 0.6 is 11.6 Å². The lowest BCUT2D eigenvalue weighted by Gasteiger charge is -2.26. The Bertz CT molecular complexity index is 1070. The first-order chi connectivity index (χ1) is 15.3. The van der Waals surface area contributed by atoms with Gasteiger partial charge in [0.15, 0.2) is 6.61 Å². The van der Waals surface area contributed by atoms with Gasteiger partial charge in [-0.25, -0.2) is 13.2 Å². The van der Waals surface area contributed by atoms with E-state index in [0.717, 1.165) is 5.56 Å². The van der Waals surface area contributed by atoms with E-state index in [-0.39, 0.29) is 28.7 Å². The van der Waals surface area contributed by atoms with E-state index in [0.29, 0.717) is 25.4 Å². The van der Waals surface area contributed by atoms with Crippen molar-refractivity contribution in [3.05, 3.63) is 58.6 Å². The fraction of sp³-hybridized carbons (Fsp3) is 0.333. The van der Waals surface area contributed by atoms with Crippen molar-refractivity contribution in [1.82, 2.24) is 4.31 Å². The van der Waals surface area contributed by atoms with Crippen LogP contribution in [0.25, 0.3) is 0 Å². The maximum Gasteiger partial charge on any atom is 0.338 e. The van der Waals surface area contributed by atoms with Crippen molar-refractivity contribution in [3.8, 4) is 0 Å². The maximum atomic E-state index is 12.9. The van der Waals surface area contributed by atoms with E-state index in [2.05, 4.69) is 5.32 Å². The molecule has 0 atom stereocenters. The van der Waals surface area contributed by atoms with Crippen LogP contribution in [0.15, 0.2) is 47.4 Å². The molecular formula is C21H23ClN2O7S. The Labute approximate surface area is 191 Å². The van der Waals surface area contributed by atoms with Gasteiger partial charge in [-0.3, -0.25) is 4.79 Å². The van der Waals surface area contributed by atoms with E-state index in [9.17, 15) is 18.0 Å². The molecule has 1 N–H and O–H groups in total. The lowest BCUT2D eigenvalue weighted by Crippen LogP contribution is -2.40. The zero-order chi connectivity index (χ0) is 23.1. The highest BCUT2D eigenvalue weighted by Gasteiger charge is 2.28. The van der Waals surface area contributed by atoms with E-state index in [4.69, 9.17) is 25.8 Å². The molecule has 1 heterocycles. The highest BCUT2D eigenvalue weighted by atomic mass is 35.5. The molecule has 1 amide bonds. The third-order valence-corrected chi connectivity index (χ3v) is 7.02. The summed E-state index contributed by atoms with van der Waals surface area (Å²) in [5.74, 6) is -1.28. The fourth-order valence-electron chi connectivity index (χ4n) is 3.02. The van der Waals surface area contributed by atoms with Crippen molar-refractivity contribution in [1.29, 1.82) is 0 Å². The average molecular weight is 483 g/mol. The molecule has 3 rings (SSSR count). The van der Waals surface area contributed by atoms with E-state index in [1.54, 1.807) is 31.4 Å². The highest BCUT2D eigenvalue weighted by molar-refractivity contribution is 7.89. The number of carbonyl (C=O) groups excluding carboxylic acids is 2. The molecule has 1 saturated heterocycles. The van der Waals surface area contributed by atoms with Crippen LogP contribution in [0.3, 0.4) is 0 Å². The van der Waals surface area contributed by atoms with Crippen molar-refractivity contribution in [2.75, 3.05) is 45.3 Å². The number of sulfonamides is 1. The Kier molecular flexibility index (Phi) is 8.21. The van der Waals surface area contributed by atoms with E-state index in [1.165, 1.54) is 22.5 Å². The van der Waals surface area contributed by atoms with E-state index >= 15 is 0 Å². The molecule has 2 aromatic carbocycles. The quantitative estimate of drug-likeness (QED) is 0.574. The first-order valence-corrected chi connectivity index (χ1v) is 11.6. The van der Waals surface area contributed by atoms with Crippen LogP contribution < -0.4 is 5.32 Å². The van der Waals surface area contributed by atoms with Gasteiger partial charge >= 0.3 is 5.97 Å². The summed E-state index contributed by atoms with van der Waals surface area (Å²) >= 11 is 6.11. The van der Waals surface area contributed by atoms with Gasteiger partial charge in [0.2, 0.25) is 10.0 Å². The van der Waals surface area contributed by atoms with Crippen LogP contribution in [0.5, 0.6) is 0 Å². The van der Waals surface area contributed by atoms with Crippen molar-refractivity contribution < 1.29 is 32.2 Å². The van der Waals surface area contributed by atoms with Gasteiger partial charge in [0.25, 0.3) is 5.91 Å². The minimum Gasteiger partial charge on any atom is -0.452 e. The normalized spacial score (nSPS) is 14.7. The van der Waals surface area contributed by atoms with E-state index < -0.39 is 28.5 Å². The number of anilines is 1. The Morgan fingerprint density at radius 3 is 2.47 bits per heavy atom. The molecule has 0 radical (unpaired) electrons. The Morgan fingerprint density at radius 2 is 1.81 bits per heavy atom. The molecule has 0 bridgehead atoms. The van der Waals surface area contributed by atoms with Gasteiger partial charge < -0.3 is 19.5 Å². The summed E-state index contributed by atoms with van der Waals surface area (Å²) in [5.41, 5.74) is 1.40. The van der Waals surface area contributed by atoms with Crippen molar-refractivity contribution >= 4 is 39.2 Å². The lowest BCUT2D eigenvalue weighted by atomic mass is 10.1. The number of halogens is 1. The highest BCUT2D eigenvalue weighted by Crippen LogP contribution is 2.28. The molecule has 0 saturated carbocycles. The van der Waals surface area contributed by atoms with Gasteiger partial charge in [0.05, 0.1) is 30.4 Å². The van der Waals surface area contributed by atoms with Gasteiger partial charge in [-0.2, -0.15) is 4.31 Å². The van der Waals surface area contributed by atoms with Crippen LogP contribution in [0.1, 0.15) is 15.9 Å². The molecular weight excluding hydrogens is 460 g/mol. The number of methoxy groups -OCH3 is 1. The second-order valence-corrected chi connectivity index (χ2v) is 9.23. The minimum atomic E-state index is -3.84. The van der Waals surface area contributed by atoms with Crippen LogP contribution in [-0.4, -0.2) is 64.6 Å². The Morgan fingerprint density at radius 1 is 1.12 bits per heavy atom. The molecule has 2 aromatic rings. The third-order valence-electron chi connectivity index (χ3n) is 4.64. The summed E-state index contributed by atoms with van der Waals surface area (Å²) < 4.78 is 42.3. The Balaban J connectivity index is 1.61. The number of morpholine rings is 1. The summed E-state index contributed by atoms with van der Waals surface area (Å²) in [6.07, 6.45) is 0. The molecule has 172 valence electrons. The van der Waals surface area contributed by atoms with Gasteiger partial charge in [0, 0.05) is 25.9 Å².